The standard InChI is InChI=1S/C18H27FN4O4/c1-18(2,3)27-17(25)22-11-7-5-10(6-8-11)21-15-13(19)9-12(14(20)24)16(23-15)26-4/h9-11H,5-8H2,1-4H3,(H2,20,24)(H,21,23)(H,22,25). The Bertz CT molecular complexity index is 697. The average Bonchev–Trinajstić information content (AvgIpc) is 2.56. The second-order valence-electron chi connectivity index (χ2n) is 7.58. The van der Waals surface area contributed by atoms with E-state index in [9.17, 15) is 14.0 Å². The lowest BCUT2D eigenvalue weighted by Crippen LogP contribution is -2.42. The molecule has 0 unspecified atom stereocenters. The Labute approximate surface area is 158 Å². The van der Waals surface area contributed by atoms with Gasteiger partial charge in [0.2, 0.25) is 5.88 Å². The Morgan fingerprint density at radius 3 is 2.33 bits per heavy atom. The van der Waals surface area contributed by atoms with Crippen molar-refractivity contribution in [2.24, 2.45) is 5.73 Å². The molecule has 0 radical (unpaired) electrons. The molecule has 1 saturated carbocycles. The van der Waals surface area contributed by atoms with E-state index in [4.69, 9.17) is 15.2 Å². The number of anilines is 1. The molecule has 150 valence electrons. The lowest BCUT2D eigenvalue weighted by Gasteiger charge is -2.30. The summed E-state index contributed by atoms with van der Waals surface area (Å²) in [6, 6.07) is 1.03. The van der Waals surface area contributed by atoms with Gasteiger partial charge in [-0.3, -0.25) is 4.79 Å². The van der Waals surface area contributed by atoms with Gasteiger partial charge >= 0.3 is 6.09 Å². The highest BCUT2D eigenvalue weighted by Crippen LogP contribution is 2.26. The first-order valence-electron chi connectivity index (χ1n) is 8.89. The molecule has 1 aromatic rings. The van der Waals surface area contributed by atoms with Crippen LogP contribution >= 0.6 is 0 Å². The molecule has 0 spiro atoms. The van der Waals surface area contributed by atoms with Crippen molar-refractivity contribution in [1.82, 2.24) is 10.3 Å². The molecule has 1 aliphatic carbocycles. The van der Waals surface area contributed by atoms with Gasteiger partial charge in [-0.1, -0.05) is 0 Å². The van der Waals surface area contributed by atoms with E-state index in [0.717, 1.165) is 31.7 Å². The molecule has 8 nitrogen and oxygen atoms in total. The van der Waals surface area contributed by atoms with Crippen LogP contribution in [0.1, 0.15) is 56.8 Å². The summed E-state index contributed by atoms with van der Waals surface area (Å²) in [5, 5.41) is 5.90. The van der Waals surface area contributed by atoms with Crippen LogP contribution in [-0.2, 0) is 4.74 Å². The predicted octanol–water partition coefficient (Wildman–Crippen LogP) is 2.58. The number of nitrogens with two attached hydrogens (primary N) is 1. The Morgan fingerprint density at radius 1 is 1.22 bits per heavy atom. The minimum absolute atomic E-state index is 0.00665. The van der Waals surface area contributed by atoms with E-state index in [1.54, 1.807) is 0 Å². The number of ether oxygens (including phenoxy) is 2. The Morgan fingerprint density at radius 2 is 1.81 bits per heavy atom. The smallest absolute Gasteiger partial charge is 0.407 e. The van der Waals surface area contributed by atoms with Gasteiger partial charge in [0, 0.05) is 12.1 Å². The first kappa shape index (κ1) is 20.7. The molecule has 1 aromatic heterocycles. The minimum atomic E-state index is -0.807. The highest BCUT2D eigenvalue weighted by Gasteiger charge is 2.26. The van der Waals surface area contributed by atoms with Gasteiger partial charge in [-0.2, -0.15) is 4.98 Å². The molecule has 0 aliphatic heterocycles. The summed E-state index contributed by atoms with van der Waals surface area (Å²) in [6.07, 6.45) is 2.48. The number of amides is 2. The number of rotatable bonds is 5. The summed E-state index contributed by atoms with van der Waals surface area (Å²) in [6.45, 7) is 5.44. The van der Waals surface area contributed by atoms with E-state index in [1.165, 1.54) is 7.11 Å². The number of carbonyl (C=O) groups is 2. The summed E-state index contributed by atoms with van der Waals surface area (Å²) < 4.78 is 24.5. The summed E-state index contributed by atoms with van der Waals surface area (Å²) in [5.74, 6) is -1.48. The average molecular weight is 382 g/mol. The first-order chi connectivity index (χ1) is 12.6. The number of nitrogens with zero attached hydrogens (tertiary/aromatic N) is 1. The number of aromatic nitrogens is 1. The SMILES string of the molecule is COc1nc(NC2CCC(NC(=O)OC(C)(C)C)CC2)c(F)cc1C(N)=O. The fourth-order valence-corrected chi connectivity index (χ4v) is 2.95. The molecule has 0 saturated heterocycles. The summed E-state index contributed by atoms with van der Waals surface area (Å²) in [7, 11) is 1.34. The van der Waals surface area contributed by atoms with Crippen LogP contribution < -0.4 is 21.1 Å². The third-order valence-electron chi connectivity index (χ3n) is 4.19. The number of carbonyl (C=O) groups excluding carboxylic acids is 2. The zero-order chi connectivity index (χ0) is 20.2. The minimum Gasteiger partial charge on any atom is -0.480 e. The number of alkyl carbamates (subject to hydrolysis) is 1. The van der Waals surface area contributed by atoms with E-state index in [2.05, 4.69) is 15.6 Å². The molecule has 0 atom stereocenters. The molecule has 1 heterocycles. The molecule has 2 amide bonds. The molecule has 27 heavy (non-hydrogen) atoms. The predicted molar refractivity (Wildman–Crippen MR) is 98.3 cm³/mol. The maximum atomic E-state index is 14.2. The van der Waals surface area contributed by atoms with Crippen molar-refractivity contribution in [3.8, 4) is 5.88 Å². The van der Waals surface area contributed by atoms with Crippen LogP contribution in [0, 0.1) is 5.82 Å². The maximum absolute atomic E-state index is 14.2. The zero-order valence-electron chi connectivity index (χ0n) is 16.1. The molecule has 9 heteroatoms. The van der Waals surface area contributed by atoms with Gasteiger partial charge in [-0.25, -0.2) is 9.18 Å². The largest absolute Gasteiger partial charge is 0.480 e. The second kappa shape index (κ2) is 8.41. The lowest BCUT2D eigenvalue weighted by molar-refractivity contribution is 0.0492. The van der Waals surface area contributed by atoms with Gasteiger partial charge in [0.05, 0.1) is 7.11 Å². The first-order valence-corrected chi connectivity index (χ1v) is 8.89. The van der Waals surface area contributed by atoms with Crippen molar-refractivity contribution in [2.45, 2.75) is 64.1 Å². The van der Waals surface area contributed by atoms with Crippen LogP contribution in [0.15, 0.2) is 6.07 Å². The number of hydrogen-bond donors (Lipinski definition) is 3. The van der Waals surface area contributed by atoms with Gasteiger partial charge in [-0.05, 0) is 52.5 Å². The molecule has 2 rings (SSSR count). The molecule has 0 bridgehead atoms. The van der Waals surface area contributed by atoms with E-state index in [0.29, 0.717) is 0 Å². The Hall–Kier alpha value is -2.58. The van der Waals surface area contributed by atoms with E-state index in [-0.39, 0.29) is 29.3 Å². The number of hydrogen-bond acceptors (Lipinski definition) is 6. The monoisotopic (exact) mass is 382 g/mol. The number of nitrogens with one attached hydrogen (secondary N) is 2. The fraction of sp³-hybridized carbons (Fsp3) is 0.611. The lowest BCUT2D eigenvalue weighted by atomic mass is 9.91. The van der Waals surface area contributed by atoms with Crippen LogP contribution in [0.5, 0.6) is 5.88 Å². The van der Waals surface area contributed by atoms with Crippen LogP contribution in [0.3, 0.4) is 0 Å². The molecule has 1 fully saturated rings. The van der Waals surface area contributed by atoms with Crippen LogP contribution in [0.2, 0.25) is 0 Å². The van der Waals surface area contributed by atoms with E-state index in [1.807, 2.05) is 20.8 Å². The van der Waals surface area contributed by atoms with Crippen molar-refractivity contribution < 1.29 is 23.5 Å². The van der Waals surface area contributed by atoms with Crippen LogP contribution in [0.4, 0.5) is 15.0 Å². The van der Waals surface area contributed by atoms with E-state index >= 15 is 0 Å². The third-order valence-corrected chi connectivity index (χ3v) is 4.19. The second-order valence-corrected chi connectivity index (χ2v) is 7.58. The number of methoxy groups -OCH3 is 1. The maximum Gasteiger partial charge on any atom is 0.407 e. The van der Waals surface area contributed by atoms with Crippen molar-refractivity contribution >= 4 is 17.8 Å². The summed E-state index contributed by atoms with van der Waals surface area (Å²) in [5.41, 5.74) is 4.55. The topological polar surface area (TPSA) is 116 Å². The number of pyridine rings is 1. The normalized spacial score (nSPS) is 19.9. The quantitative estimate of drug-likeness (QED) is 0.721. The van der Waals surface area contributed by atoms with Crippen molar-refractivity contribution in [3.05, 3.63) is 17.4 Å². The molecule has 0 aromatic carbocycles. The molecular weight excluding hydrogens is 355 g/mol. The highest BCUT2D eigenvalue weighted by molar-refractivity contribution is 5.95. The zero-order valence-corrected chi connectivity index (χ0v) is 16.1. The van der Waals surface area contributed by atoms with Crippen LogP contribution in [-0.4, -0.2) is 41.8 Å². The molecule has 4 N–H and O–H groups in total. The van der Waals surface area contributed by atoms with Gasteiger partial charge in [-0.15, -0.1) is 0 Å². The highest BCUT2D eigenvalue weighted by atomic mass is 19.1. The number of primary amides is 1. The Balaban J connectivity index is 1.92. The van der Waals surface area contributed by atoms with Gasteiger partial charge < -0.3 is 25.8 Å². The fourth-order valence-electron chi connectivity index (χ4n) is 2.95. The van der Waals surface area contributed by atoms with Gasteiger partial charge in [0.15, 0.2) is 11.6 Å². The van der Waals surface area contributed by atoms with Crippen LogP contribution in [0.25, 0.3) is 0 Å². The Kier molecular flexibility index (Phi) is 6.45. The van der Waals surface area contributed by atoms with E-state index < -0.39 is 23.4 Å². The van der Waals surface area contributed by atoms with Crippen molar-refractivity contribution in [1.29, 1.82) is 0 Å². The van der Waals surface area contributed by atoms with Gasteiger partial charge in [0.25, 0.3) is 5.91 Å². The van der Waals surface area contributed by atoms with Gasteiger partial charge in [0.1, 0.15) is 11.2 Å². The summed E-state index contributed by atoms with van der Waals surface area (Å²) >= 11 is 0. The molecule has 1 aliphatic rings. The number of halogens is 1. The van der Waals surface area contributed by atoms with Crippen molar-refractivity contribution in [3.63, 3.8) is 0 Å². The summed E-state index contributed by atoms with van der Waals surface area (Å²) in [4.78, 5) is 27.2. The molecular formula is C18H27FN4O4. The third kappa shape index (κ3) is 5.97. The van der Waals surface area contributed by atoms with Crippen molar-refractivity contribution in [2.75, 3.05) is 12.4 Å².